The van der Waals surface area contributed by atoms with Crippen molar-refractivity contribution in [1.29, 1.82) is 0 Å². The molecule has 2 aromatic rings. The zero-order valence-corrected chi connectivity index (χ0v) is 10.2. The van der Waals surface area contributed by atoms with Crippen molar-refractivity contribution >= 4 is 17.6 Å². The topological polar surface area (TPSA) is 55.1 Å². The largest absolute Gasteiger partial charge is 0.478 e. The molecule has 0 aliphatic rings. The molecule has 0 unspecified atom stereocenters. The van der Waals surface area contributed by atoms with Crippen LogP contribution in [0.1, 0.15) is 21.9 Å². The van der Waals surface area contributed by atoms with Gasteiger partial charge in [-0.2, -0.15) is 0 Å². The second kappa shape index (κ2) is 4.22. The summed E-state index contributed by atoms with van der Waals surface area (Å²) in [7, 11) is 0. The lowest BCUT2D eigenvalue weighted by atomic mass is 10.2. The molecule has 88 valence electrons. The van der Waals surface area contributed by atoms with E-state index in [-0.39, 0.29) is 5.56 Å². The Bertz CT molecular complexity index is 590. The molecule has 1 aromatic heterocycles. The van der Waals surface area contributed by atoms with Gasteiger partial charge in [0.1, 0.15) is 5.82 Å². The number of aromatic carboxylic acids is 1. The van der Waals surface area contributed by atoms with Gasteiger partial charge >= 0.3 is 5.97 Å². The van der Waals surface area contributed by atoms with E-state index >= 15 is 0 Å². The molecule has 0 aliphatic heterocycles. The number of rotatable bonds is 2. The van der Waals surface area contributed by atoms with Gasteiger partial charge in [0, 0.05) is 16.9 Å². The summed E-state index contributed by atoms with van der Waals surface area (Å²) in [4.78, 5) is 15.2. The highest BCUT2D eigenvalue weighted by Gasteiger charge is 2.09. The minimum Gasteiger partial charge on any atom is -0.478 e. The zero-order chi connectivity index (χ0) is 12.6. The summed E-state index contributed by atoms with van der Waals surface area (Å²) < 4.78 is 1.81. The van der Waals surface area contributed by atoms with Gasteiger partial charge in [-0.3, -0.25) is 0 Å². The lowest BCUT2D eigenvalue weighted by Crippen LogP contribution is -2.01. The Balaban J connectivity index is 2.59. The number of nitrogens with zero attached hydrogens (tertiary/aromatic N) is 2. The van der Waals surface area contributed by atoms with E-state index in [0.29, 0.717) is 10.7 Å². The molecule has 0 saturated carbocycles. The van der Waals surface area contributed by atoms with Crippen LogP contribution in [0.15, 0.2) is 24.4 Å². The summed E-state index contributed by atoms with van der Waals surface area (Å²) >= 11 is 5.91. The minimum absolute atomic E-state index is 0.165. The Hall–Kier alpha value is -1.81. The number of imidazole rings is 1. The fourth-order valence-corrected chi connectivity index (χ4v) is 1.95. The molecule has 1 heterocycles. The summed E-state index contributed by atoms with van der Waals surface area (Å²) in [6.07, 6.45) is 1.84. The van der Waals surface area contributed by atoms with Crippen molar-refractivity contribution < 1.29 is 9.90 Å². The van der Waals surface area contributed by atoms with Gasteiger partial charge in [-0.25, -0.2) is 9.78 Å². The summed E-state index contributed by atoms with van der Waals surface area (Å²) in [5, 5.41) is 9.37. The predicted molar refractivity (Wildman–Crippen MR) is 65.0 cm³/mol. The molecular weight excluding hydrogens is 240 g/mol. The van der Waals surface area contributed by atoms with Crippen molar-refractivity contribution in [3.63, 3.8) is 0 Å². The third kappa shape index (κ3) is 2.31. The Labute approximate surface area is 103 Å². The first-order valence-electron chi connectivity index (χ1n) is 5.04. The van der Waals surface area contributed by atoms with Crippen LogP contribution in [0, 0.1) is 13.8 Å². The molecule has 5 heteroatoms. The van der Waals surface area contributed by atoms with Crippen molar-refractivity contribution in [3.05, 3.63) is 46.5 Å². The molecule has 17 heavy (non-hydrogen) atoms. The maximum atomic E-state index is 10.9. The van der Waals surface area contributed by atoms with Gasteiger partial charge in [0.15, 0.2) is 0 Å². The summed E-state index contributed by atoms with van der Waals surface area (Å²) in [6.45, 7) is 3.74. The third-order valence-electron chi connectivity index (χ3n) is 2.41. The average molecular weight is 251 g/mol. The van der Waals surface area contributed by atoms with E-state index in [4.69, 9.17) is 16.7 Å². The second-order valence-corrected chi connectivity index (χ2v) is 4.24. The van der Waals surface area contributed by atoms with Gasteiger partial charge in [0.2, 0.25) is 0 Å². The summed E-state index contributed by atoms with van der Waals surface area (Å²) in [5.74, 6) is -0.204. The number of aryl methyl sites for hydroxylation is 2. The van der Waals surface area contributed by atoms with Crippen LogP contribution >= 0.6 is 11.6 Å². The fraction of sp³-hybridized carbons (Fsp3) is 0.167. The van der Waals surface area contributed by atoms with Crippen LogP contribution in [-0.2, 0) is 0 Å². The Morgan fingerprint density at radius 1 is 1.35 bits per heavy atom. The predicted octanol–water partition coefficient (Wildman–Crippen LogP) is 2.84. The van der Waals surface area contributed by atoms with Crippen molar-refractivity contribution in [2.24, 2.45) is 0 Å². The van der Waals surface area contributed by atoms with Crippen LogP contribution in [0.25, 0.3) is 5.69 Å². The van der Waals surface area contributed by atoms with Crippen molar-refractivity contribution in [2.45, 2.75) is 13.8 Å². The van der Waals surface area contributed by atoms with Crippen LogP contribution in [0.3, 0.4) is 0 Å². The molecule has 0 aliphatic carbocycles. The van der Waals surface area contributed by atoms with E-state index in [1.807, 2.05) is 24.6 Å². The van der Waals surface area contributed by atoms with Crippen LogP contribution in [0.4, 0.5) is 0 Å². The highest BCUT2D eigenvalue weighted by atomic mass is 35.5. The Kier molecular flexibility index (Phi) is 2.90. The molecule has 2 rings (SSSR count). The molecular formula is C12H11ClN2O2. The first-order chi connectivity index (χ1) is 7.97. The number of carboxylic acid groups (broad SMARTS) is 1. The van der Waals surface area contributed by atoms with E-state index in [1.165, 1.54) is 6.07 Å². The van der Waals surface area contributed by atoms with Gasteiger partial charge in [0.05, 0.1) is 11.3 Å². The smallest absolute Gasteiger partial charge is 0.335 e. The molecule has 0 spiro atoms. The number of benzene rings is 1. The van der Waals surface area contributed by atoms with Gasteiger partial charge < -0.3 is 9.67 Å². The lowest BCUT2D eigenvalue weighted by molar-refractivity contribution is 0.0697. The van der Waals surface area contributed by atoms with Crippen LogP contribution in [0.2, 0.25) is 5.02 Å². The highest BCUT2D eigenvalue weighted by Crippen LogP contribution is 2.20. The summed E-state index contributed by atoms with van der Waals surface area (Å²) in [6, 6.07) is 4.71. The van der Waals surface area contributed by atoms with Gasteiger partial charge in [-0.1, -0.05) is 11.6 Å². The minimum atomic E-state index is -0.997. The average Bonchev–Trinajstić information content (AvgIpc) is 2.57. The molecule has 0 saturated heterocycles. The van der Waals surface area contributed by atoms with Crippen LogP contribution in [-0.4, -0.2) is 20.6 Å². The monoisotopic (exact) mass is 250 g/mol. The van der Waals surface area contributed by atoms with Crippen molar-refractivity contribution in [2.75, 3.05) is 0 Å². The lowest BCUT2D eigenvalue weighted by Gasteiger charge is -2.06. The molecule has 0 amide bonds. The van der Waals surface area contributed by atoms with Gasteiger partial charge in [-0.05, 0) is 32.0 Å². The van der Waals surface area contributed by atoms with Crippen molar-refractivity contribution in [3.8, 4) is 5.69 Å². The van der Waals surface area contributed by atoms with E-state index in [9.17, 15) is 4.79 Å². The number of halogens is 1. The van der Waals surface area contributed by atoms with Crippen LogP contribution < -0.4 is 0 Å². The first-order valence-corrected chi connectivity index (χ1v) is 5.42. The Morgan fingerprint density at radius 2 is 2.06 bits per heavy atom. The van der Waals surface area contributed by atoms with E-state index in [0.717, 1.165) is 11.5 Å². The molecule has 4 nitrogen and oxygen atoms in total. The van der Waals surface area contributed by atoms with Crippen LogP contribution in [0.5, 0.6) is 0 Å². The first kappa shape index (κ1) is 11.7. The number of carbonyl (C=O) groups is 1. The highest BCUT2D eigenvalue weighted by molar-refractivity contribution is 6.31. The summed E-state index contributed by atoms with van der Waals surface area (Å²) in [5.41, 5.74) is 1.74. The molecule has 1 N–H and O–H groups in total. The van der Waals surface area contributed by atoms with E-state index in [2.05, 4.69) is 4.98 Å². The third-order valence-corrected chi connectivity index (χ3v) is 2.63. The standard InChI is InChI=1S/C12H11ClN2O2/c1-7-6-15(8(2)14-7)11-4-9(12(16)17)3-10(13)5-11/h3-6H,1-2H3,(H,16,17). The Morgan fingerprint density at radius 3 is 2.59 bits per heavy atom. The van der Waals surface area contributed by atoms with Crippen molar-refractivity contribution in [1.82, 2.24) is 9.55 Å². The molecule has 0 fully saturated rings. The van der Waals surface area contributed by atoms with Gasteiger partial charge in [0.25, 0.3) is 0 Å². The quantitative estimate of drug-likeness (QED) is 0.892. The SMILES string of the molecule is Cc1cn(-c2cc(Cl)cc(C(=O)O)c2)c(C)n1. The molecule has 0 atom stereocenters. The van der Waals surface area contributed by atoms with E-state index in [1.54, 1.807) is 12.1 Å². The second-order valence-electron chi connectivity index (χ2n) is 3.80. The normalized spacial score (nSPS) is 10.5. The molecule has 0 bridgehead atoms. The van der Waals surface area contributed by atoms with E-state index < -0.39 is 5.97 Å². The number of aromatic nitrogens is 2. The maximum absolute atomic E-state index is 10.9. The fourth-order valence-electron chi connectivity index (χ4n) is 1.72. The number of hydrogen-bond donors (Lipinski definition) is 1. The number of hydrogen-bond acceptors (Lipinski definition) is 2. The van der Waals surface area contributed by atoms with Gasteiger partial charge in [-0.15, -0.1) is 0 Å². The molecule has 1 aromatic carbocycles. The number of carboxylic acids is 1. The molecule has 0 radical (unpaired) electrons. The maximum Gasteiger partial charge on any atom is 0.335 e. The zero-order valence-electron chi connectivity index (χ0n) is 9.44.